The van der Waals surface area contributed by atoms with Crippen LogP contribution in [0.5, 0.6) is 0 Å². The highest BCUT2D eigenvalue weighted by Gasteiger charge is 2.28. The predicted octanol–water partition coefficient (Wildman–Crippen LogP) is 4.60. The normalized spacial score (nSPS) is 15.5. The smallest absolute Gasteiger partial charge is 0.229 e. The molecule has 0 fully saturated rings. The van der Waals surface area contributed by atoms with Gasteiger partial charge >= 0.3 is 0 Å². The molecule has 4 aromatic rings. The van der Waals surface area contributed by atoms with Crippen LogP contribution in [-0.4, -0.2) is 32.1 Å². The van der Waals surface area contributed by atoms with E-state index in [4.69, 9.17) is 14.1 Å². The van der Waals surface area contributed by atoms with Gasteiger partial charge in [0, 0.05) is 17.5 Å². The number of pyridine rings is 1. The number of ether oxygens (including phenoxy) is 1. The van der Waals surface area contributed by atoms with Crippen LogP contribution in [0.4, 0.5) is 0 Å². The maximum absolute atomic E-state index is 12.4. The standard InChI is InChI=1S/C22H19N3O3S/c1-22(2)9-16-14(10-27-22)8-15-18-19(28-20(15)25-16)21(24-12-23-18)29-11-17(26)13-6-4-3-5-7-13/h3-8,12H,9-11H2,1-2H3. The number of Topliss-reactive ketones (excluding diaryl/α,β-unsaturated/α-hetero) is 1. The minimum Gasteiger partial charge on any atom is -0.433 e. The van der Waals surface area contributed by atoms with Gasteiger partial charge in [-0.3, -0.25) is 4.79 Å². The largest absolute Gasteiger partial charge is 0.433 e. The first-order valence-electron chi connectivity index (χ1n) is 9.41. The summed E-state index contributed by atoms with van der Waals surface area (Å²) in [6.45, 7) is 4.64. The molecule has 7 heteroatoms. The van der Waals surface area contributed by atoms with Crippen LogP contribution in [0, 0.1) is 0 Å². The van der Waals surface area contributed by atoms with Crippen molar-refractivity contribution in [2.24, 2.45) is 0 Å². The van der Waals surface area contributed by atoms with E-state index in [-0.39, 0.29) is 17.1 Å². The van der Waals surface area contributed by atoms with E-state index in [0.717, 1.165) is 23.1 Å². The molecular formula is C22H19N3O3S. The summed E-state index contributed by atoms with van der Waals surface area (Å²) in [6.07, 6.45) is 2.24. The summed E-state index contributed by atoms with van der Waals surface area (Å²) in [4.78, 5) is 25.9. The quantitative estimate of drug-likeness (QED) is 0.279. The lowest BCUT2D eigenvalue weighted by Crippen LogP contribution is -2.32. The fourth-order valence-electron chi connectivity index (χ4n) is 3.51. The van der Waals surface area contributed by atoms with Crippen LogP contribution in [0.15, 0.2) is 52.2 Å². The van der Waals surface area contributed by atoms with Gasteiger partial charge in [0.05, 0.1) is 29.0 Å². The molecule has 0 aliphatic carbocycles. The molecular weight excluding hydrogens is 386 g/mol. The van der Waals surface area contributed by atoms with Crippen molar-refractivity contribution in [3.63, 3.8) is 0 Å². The number of aromatic nitrogens is 3. The lowest BCUT2D eigenvalue weighted by atomic mass is 9.95. The molecule has 0 N–H and O–H groups in total. The summed E-state index contributed by atoms with van der Waals surface area (Å²) in [5.41, 5.74) is 4.34. The molecule has 0 bridgehead atoms. The number of carbonyl (C=O) groups excluding carboxylic acids is 1. The molecule has 1 aliphatic rings. The van der Waals surface area contributed by atoms with E-state index in [1.807, 2.05) is 30.3 Å². The monoisotopic (exact) mass is 405 g/mol. The lowest BCUT2D eigenvalue weighted by Gasteiger charge is -2.30. The minimum atomic E-state index is -0.238. The van der Waals surface area contributed by atoms with E-state index in [0.29, 0.717) is 34.0 Å². The number of hydrogen-bond donors (Lipinski definition) is 0. The van der Waals surface area contributed by atoms with Crippen LogP contribution < -0.4 is 0 Å². The average Bonchev–Trinajstić information content (AvgIpc) is 3.08. The number of nitrogens with zero attached hydrogens (tertiary/aromatic N) is 3. The Kier molecular flexibility index (Phi) is 4.37. The third kappa shape index (κ3) is 3.41. The molecule has 0 atom stereocenters. The second-order valence-corrected chi connectivity index (χ2v) is 8.67. The van der Waals surface area contributed by atoms with Gasteiger partial charge in [-0.05, 0) is 19.9 Å². The van der Waals surface area contributed by atoms with Crippen molar-refractivity contribution in [2.45, 2.75) is 37.5 Å². The van der Waals surface area contributed by atoms with Gasteiger partial charge in [0.25, 0.3) is 0 Å². The molecule has 5 rings (SSSR count). The lowest BCUT2D eigenvalue weighted by molar-refractivity contribution is -0.0411. The van der Waals surface area contributed by atoms with Gasteiger partial charge in [-0.15, -0.1) is 0 Å². The van der Waals surface area contributed by atoms with Crippen LogP contribution in [0.3, 0.4) is 0 Å². The van der Waals surface area contributed by atoms with Gasteiger partial charge in [-0.1, -0.05) is 42.1 Å². The molecule has 1 aromatic carbocycles. The van der Waals surface area contributed by atoms with Gasteiger partial charge in [0.2, 0.25) is 5.71 Å². The predicted molar refractivity (Wildman–Crippen MR) is 111 cm³/mol. The number of fused-ring (bicyclic) bond motifs is 4. The maximum atomic E-state index is 12.4. The summed E-state index contributed by atoms with van der Waals surface area (Å²) >= 11 is 1.35. The fourth-order valence-corrected chi connectivity index (χ4v) is 4.33. The zero-order valence-corrected chi connectivity index (χ0v) is 17.0. The van der Waals surface area contributed by atoms with Crippen molar-refractivity contribution in [3.05, 3.63) is 59.5 Å². The third-order valence-electron chi connectivity index (χ3n) is 5.03. The topological polar surface area (TPSA) is 78.1 Å². The first-order chi connectivity index (χ1) is 14.0. The summed E-state index contributed by atoms with van der Waals surface area (Å²) < 4.78 is 12.0. The van der Waals surface area contributed by atoms with Crippen LogP contribution in [0.1, 0.15) is 35.5 Å². The van der Waals surface area contributed by atoms with Crippen LogP contribution in [-0.2, 0) is 17.8 Å². The van der Waals surface area contributed by atoms with Gasteiger partial charge in [-0.25, -0.2) is 15.0 Å². The Morgan fingerprint density at radius 1 is 1.21 bits per heavy atom. The molecule has 1 aliphatic heterocycles. The molecule has 0 unspecified atom stereocenters. The number of carbonyl (C=O) groups is 1. The molecule has 0 saturated carbocycles. The van der Waals surface area contributed by atoms with Gasteiger partial charge in [0.1, 0.15) is 16.9 Å². The second-order valence-electron chi connectivity index (χ2n) is 7.71. The Bertz CT molecular complexity index is 1230. The highest BCUT2D eigenvalue weighted by Crippen LogP contribution is 2.35. The van der Waals surface area contributed by atoms with Gasteiger partial charge in [-0.2, -0.15) is 0 Å². The van der Waals surface area contributed by atoms with E-state index in [1.54, 1.807) is 0 Å². The first kappa shape index (κ1) is 18.3. The Hall–Kier alpha value is -2.77. The zero-order chi connectivity index (χ0) is 20.0. The summed E-state index contributed by atoms with van der Waals surface area (Å²) in [7, 11) is 0. The third-order valence-corrected chi connectivity index (χ3v) is 6.00. The van der Waals surface area contributed by atoms with Crippen LogP contribution >= 0.6 is 11.8 Å². The number of ketones is 1. The molecule has 146 valence electrons. The van der Waals surface area contributed by atoms with Crippen molar-refractivity contribution in [1.82, 2.24) is 15.0 Å². The number of hydrogen-bond acceptors (Lipinski definition) is 7. The molecule has 0 spiro atoms. The summed E-state index contributed by atoms with van der Waals surface area (Å²) in [5, 5.41) is 1.49. The minimum absolute atomic E-state index is 0.0476. The van der Waals surface area contributed by atoms with Crippen molar-refractivity contribution in [2.75, 3.05) is 5.75 Å². The SMILES string of the molecule is CC1(C)Cc2nc3oc4c(SCC(=O)c5ccccc5)ncnc4c3cc2CO1. The molecule has 3 aromatic heterocycles. The highest BCUT2D eigenvalue weighted by atomic mass is 32.2. The van der Waals surface area contributed by atoms with Crippen molar-refractivity contribution in [3.8, 4) is 0 Å². The fraction of sp³-hybridized carbons (Fsp3) is 0.273. The number of furan rings is 1. The average molecular weight is 405 g/mol. The Morgan fingerprint density at radius 2 is 2.03 bits per heavy atom. The Labute approximate surface area is 171 Å². The summed E-state index contributed by atoms with van der Waals surface area (Å²) in [6, 6.07) is 11.3. The van der Waals surface area contributed by atoms with Crippen LogP contribution in [0.25, 0.3) is 22.2 Å². The number of benzene rings is 1. The van der Waals surface area contributed by atoms with E-state index < -0.39 is 0 Å². The number of thioether (sulfide) groups is 1. The zero-order valence-electron chi connectivity index (χ0n) is 16.1. The van der Waals surface area contributed by atoms with Crippen molar-refractivity contribution >= 4 is 39.7 Å². The van der Waals surface area contributed by atoms with Gasteiger partial charge in [0.15, 0.2) is 11.4 Å². The Balaban J connectivity index is 1.50. The van der Waals surface area contributed by atoms with E-state index >= 15 is 0 Å². The molecule has 0 radical (unpaired) electrons. The number of rotatable bonds is 4. The van der Waals surface area contributed by atoms with Crippen molar-refractivity contribution < 1.29 is 13.9 Å². The van der Waals surface area contributed by atoms with Crippen LogP contribution in [0.2, 0.25) is 0 Å². The second kappa shape index (κ2) is 6.93. The molecule has 0 amide bonds. The van der Waals surface area contributed by atoms with E-state index in [2.05, 4.69) is 29.9 Å². The van der Waals surface area contributed by atoms with E-state index in [9.17, 15) is 4.79 Å². The Morgan fingerprint density at radius 3 is 2.86 bits per heavy atom. The van der Waals surface area contributed by atoms with E-state index in [1.165, 1.54) is 18.1 Å². The molecule has 29 heavy (non-hydrogen) atoms. The molecule has 6 nitrogen and oxygen atoms in total. The highest BCUT2D eigenvalue weighted by molar-refractivity contribution is 8.00. The van der Waals surface area contributed by atoms with Crippen molar-refractivity contribution in [1.29, 1.82) is 0 Å². The summed E-state index contributed by atoms with van der Waals surface area (Å²) in [5.74, 6) is 0.325. The first-order valence-corrected chi connectivity index (χ1v) is 10.4. The molecule has 4 heterocycles. The molecule has 0 saturated heterocycles. The van der Waals surface area contributed by atoms with Gasteiger partial charge < -0.3 is 9.15 Å². The maximum Gasteiger partial charge on any atom is 0.229 e.